The van der Waals surface area contributed by atoms with Crippen LogP contribution in [0.2, 0.25) is 0 Å². The zero-order valence-corrected chi connectivity index (χ0v) is 8.27. The number of carboxylic acids is 1. The van der Waals surface area contributed by atoms with Gasteiger partial charge in [-0.2, -0.15) is 0 Å². The maximum atomic E-state index is 13.0. The van der Waals surface area contributed by atoms with Gasteiger partial charge in [0.25, 0.3) is 0 Å². The predicted octanol–water partition coefficient (Wildman–Crippen LogP) is 1.88. The maximum absolute atomic E-state index is 13.0. The summed E-state index contributed by atoms with van der Waals surface area (Å²) in [4.78, 5) is 10.5. The van der Waals surface area contributed by atoms with E-state index < -0.39 is 17.7 Å². The first kappa shape index (κ1) is 10.3. The normalized spacial score (nSPS) is 10.4. The van der Waals surface area contributed by atoms with E-state index >= 15 is 0 Å². The van der Waals surface area contributed by atoms with Gasteiger partial charge in [0.15, 0.2) is 0 Å². The van der Waals surface area contributed by atoms with Gasteiger partial charge in [0.2, 0.25) is 5.89 Å². The molecular weight excluding hydrogens is 215 g/mol. The highest BCUT2D eigenvalue weighted by molar-refractivity contribution is 5.82. The van der Waals surface area contributed by atoms with Crippen molar-refractivity contribution in [2.24, 2.45) is 0 Å². The fourth-order valence-corrected chi connectivity index (χ4v) is 1.24. The van der Waals surface area contributed by atoms with Crippen molar-refractivity contribution < 1.29 is 18.7 Å². The fourth-order valence-electron chi connectivity index (χ4n) is 1.24. The standard InChI is InChI=1S/C10H7FN2O3/c1-5-2-3-6(11)4-7(5)8-12-13-9(16-8)10(14)15/h2-4H,1H3,(H,14,15). The van der Waals surface area contributed by atoms with Gasteiger partial charge < -0.3 is 9.52 Å². The second-order valence-electron chi connectivity index (χ2n) is 3.18. The molecule has 1 aromatic carbocycles. The van der Waals surface area contributed by atoms with Crippen molar-refractivity contribution in [2.45, 2.75) is 6.92 Å². The largest absolute Gasteiger partial charge is 0.474 e. The molecule has 0 atom stereocenters. The Kier molecular flexibility index (Phi) is 2.40. The molecule has 1 heterocycles. The van der Waals surface area contributed by atoms with Crippen LogP contribution in [0.15, 0.2) is 22.6 Å². The van der Waals surface area contributed by atoms with Gasteiger partial charge in [-0.25, -0.2) is 9.18 Å². The summed E-state index contributed by atoms with van der Waals surface area (Å²) in [6, 6.07) is 4.07. The molecule has 2 aromatic rings. The average molecular weight is 222 g/mol. The number of halogens is 1. The molecule has 0 saturated carbocycles. The summed E-state index contributed by atoms with van der Waals surface area (Å²) < 4.78 is 17.9. The molecule has 1 aromatic heterocycles. The van der Waals surface area contributed by atoms with Crippen LogP contribution < -0.4 is 0 Å². The summed E-state index contributed by atoms with van der Waals surface area (Å²) in [5.74, 6) is -2.28. The van der Waals surface area contributed by atoms with Crippen LogP contribution in [-0.4, -0.2) is 21.3 Å². The van der Waals surface area contributed by atoms with Crippen LogP contribution in [0.1, 0.15) is 16.2 Å². The zero-order chi connectivity index (χ0) is 11.7. The van der Waals surface area contributed by atoms with Crippen molar-refractivity contribution >= 4 is 5.97 Å². The first-order valence-corrected chi connectivity index (χ1v) is 4.41. The van der Waals surface area contributed by atoms with Gasteiger partial charge in [-0.3, -0.25) is 0 Å². The summed E-state index contributed by atoms with van der Waals surface area (Å²) in [6.07, 6.45) is 0. The van der Waals surface area contributed by atoms with Gasteiger partial charge in [-0.15, -0.1) is 10.2 Å². The number of benzene rings is 1. The van der Waals surface area contributed by atoms with Gasteiger partial charge in [-0.1, -0.05) is 6.07 Å². The molecule has 5 nitrogen and oxygen atoms in total. The van der Waals surface area contributed by atoms with E-state index in [4.69, 9.17) is 9.52 Å². The van der Waals surface area contributed by atoms with Crippen molar-refractivity contribution in [1.29, 1.82) is 0 Å². The Morgan fingerprint density at radius 2 is 2.19 bits per heavy atom. The Morgan fingerprint density at radius 3 is 2.81 bits per heavy atom. The molecular formula is C10H7FN2O3. The van der Waals surface area contributed by atoms with Gasteiger partial charge in [-0.05, 0) is 24.6 Å². The summed E-state index contributed by atoms with van der Waals surface area (Å²) in [5.41, 5.74) is 1.11. The summed E-state index contributed by atoms with van der Waals surface area (Å²) in [5, 5.41) is 15.5. The van der Waals surface area contributed by atoms with Crippen LogP contribution in [0.3, 0.4) is 0 Å². The molecule has 0 amide bonds. The first-order chi connectivity index (χ1) is 7.58. The van der Waals surface area contributed by atoms with Crippen molar-refractivity contribution in [2.75, 3.05) is 0 Å². The van der Waals surface area contributed by atoms with Crippen LogP contribution in [0.4, 0.5) is 4.39 Å². The van der Waals surface area contributed by atoms with Crippen molar-refractivity contribution in [1.82, 2.24) is 10.2 Å². The average Bonchev–Trinajstić information content (AvgIpc) is 2.70. The van der Waals surface area contributed by atoms with E-state index in [1.807, 2.05) is 0 Å². The molecule has 6 heteroatoms. The Bertz CT molecular complexity index is 551. The molecule has 0 radical (unpaired) electrons. The summed E-state index contributed by atoms with van der Waals surface area (Å²) >= 11 is 0. The number of aromatic carboxylic acids is 1. The fraction of sp³-hybridized carbons (Fsp3) is 0.100. The van der Waals surface area contributed by atoms with Crippen molar-refractivity contribution in [3.8, 4) is 11.5 Å². The van der Waals surface area contributed by atoms with E-state index in [-0.39, 0.29) is 5.89 Å². The van der Waals surface area contributed by atoms with E-state index in [2.05, 4.69) is 10.2 Å². The highest BCUT2D eigenvalue weighted by Gasteiger charge is 2.15. The van der Waals surface area contributed by atoms with E-state index in [9.17, 15) is 9.18 Å². The molecule has 0 aliphatic rings. The predicted molar refractivity (Wildman–Crippen MR) is 51.4 cm³/mol. The molecule has 0 saturated heterocycles. The topological polar surface area (TPSA) is 76.2 Å². The minimum absolute atomic E-state index is 0.00519. The van der Waals surface area contributed by atoms with E-state index in [1.54, 1.807) is 13.0 Å². The molecule has 0 spiro atoms. The number of hydrogen-bond donors (Lipinski definition) is 1. The number of carbonyl (C=O) groups is 1. The molecule has 0 aliphatic carbocycles. The Labute approximate surface area is 89.5 Å². The van der Waals surface area contributed by atoms with Crippen LogP contribution >= 0.6 is 0 Å². The SMILES string of the molecule is Cc1ccc(F)cc1-c1nnc(C(=O)O)o1. The minimum Gasteiger partial charge on any atom is -0.474 e. The van der Waals surface area contributed by atoms with E-state index in [1.165, 1.54) is 12.1 Å². The number of carboxylic acid groups (broad SMARTS) is 1. The molecule has 2 rings (SSSR count). The number of hydrogen-bond acceptors (Lipinski definition) is 4. The van der Waals surface area contributed by atoms with Crippen molar-refractivity contribution in [3.05, 3.63) is 35.5 Å². The lowest BCUT2D eigenvalue weighted by Gasteiger charge is -1.99. The quantitative estimate of drug-likeness (QED) is 0.839. The van der Waals surface area contributed by atoms with Gasteiger partial charge >= 0.3 is 11.9 Å². The number of aromatic nitrogens is 2. The summed E-state index contributed by atoms with van der Waals surface area (Å²) in [7, 11) is 0. The third-order valence-electron chi connectivity index (χ3n) is 2.04. The third-order valence-corrected chi connectivity index (χ3v) is 2.04. The summed E-state index contributed by atoms with van der Waals surface area (Å²) in [6.45, 7) is 1.74. The zero-order valence-electron chi connectivity index (χ0n) is 8.27. The Balaban J connectivity index is 2.50. The second kappa shape index (κ2) is 3.73. The number of nitrogens with zero attached hydrogens (tertiary/aromatic N) is 2. The number of rotatable bonds is 2. The smallest absolute Gasteiger partial charge is 0.393 e. The van der Waals surface area contributed by atoms with Gasteiger partial charge in [0.1, 0.15) is 5.82 Å². The van der Waals surface area contributed by atoms with Crippen molar-refractivity contribution in [3.63, 3.8) is 0 Å². The van der Waals surface area contributed by atoms with Crippen LogP contribution in [0.25, 0.3) is 11.5 Å². The monoisotopic (exact) mass is 222 g/mol. The van der Waals surface area contributed by atoms with Crippen LogP contribution in [0.5, 0.6) is 0 Å². The van der Waals surface area contributed by atoms with Crippen LogP contribution in [0, 0.1) is 12.7 Å². The first-order valence-electron chi connectivity index (χ1n) is 4.41. The highest BCUT2D eigenvalue weighted by atomic mass is 19.1. The molecule has 0 unspecified atom stereocenters. The maximum Gasteiger partial charge on any atom is 0.393 e. The molecule has 0 fully saturated rings. The van der Waals surface area contributed by atoms with Gasteiger partial charge in [0, 0.05) is 5.56 Å². The lowest BCUT2D eigenvalue weighted by Crippen LogP contribution is -1.95. The minimum atomic E-state index is -1.31. The van der Waals surface area contributed by atoms with Crippen LogP contribution in [-0.2, 0) is 0 Å². The Hall–Kier alpha value is -2.24. The Morgan fingerprint density at radius 1 is 1.44 bits per heavy atom. The molecule has 16 heavy (non-hydrogen) atoms. The lowest BCUT2D eigenvalue weighted by atomic mass is 10.1. The molecule has 0 aliphatic heterocycles. The highest BCUT2D eigenvalue weighted by Crippen LogP contribution is 2.22. The van der Waals surface area contributed by atoms with Gasteiger partial charge in [0.05, 0.1) is 0 Å². The third kappa shape index (κ3) is 1.77. The molecule has 0 bridgehead atoms. The lowest BCUT2D eigenvalue weighted by molar-refractivity contribution is 0.0654. The molecule has 1 N–H and O–H groups in total. The van der Waals surface area contributed by atoms with E-state index in [0.29, 0.717) is 5.56 Å². The second-order valence-corrected chi connectivity index (χ2v) is 3.18. The molecule has 82 valence electrons. The number of aryl methyl sites for hydroxylation is 1. The van der Waals surface area contributed by atoms with E-state index in [0.717, 1.165) is 5.56 Å².